The van der Waals surface area contributed by atoms with Gasteiger partial charge in [-0.1, -0.05) is 24.3 Å². The number of amides is 1. The van der Waals surface area contributed by atoms with E-state index in [0.717, 1.165) is 16.7 Å². The Kier molecular flexibility index (Phi) is 6.76. The molecule has 10 heteroatoms. The van der Waals surface area contributed by atoms with Crippen molar-refractivity contribution < 1.29 is 23.1 Å². The van der Waals surface area contributed by atoms with E-state index < -0.39 is 27.6 Å². The lowest BCUT2D eigenvalue weighted by Crippen LogP contribution is -2.43. The first-order valence-corrected chi connectivity index (χ1v) is 13.1. The number of nitrogens with one attached hydrogen (secondary N) is 2. The molecule has 4 bridgehead atoms. The van der Waals surface area contributed by atoms with Gasteiger partial charge in [0.25, 0.3) is 15.9 Å². The van der Waals surface area contributed by atoms with Gasteiger partial charge >= 0.3 is 0 Å². The molecule has 3 aromatic rings. The minimum absolute atomic E-state index is 0.00561. The molecule has 0 saturated carbocycles. The third kappa shape index (κ3) is 5.50. The van der Waals surface area contributed by atoms with Gasteiger partial charge in [0.15, 0.2) is 0 Å². The minimum atomic E-state index is -4.11. The monoisotopic (exact) mass is 510 g/mol. The van der Waals surface area contributed by atoms with E-state index in [1.807, 2.05) is 32.0 Å². The van der Waals surface area contributed by atoms with Crippen LogP contribution in [0.5, 0.6) is 5.88 Å². The summed E-state index contributed by atoms with van der Waals surface area (Å²) >= 11 is 0. The number of ether oxygens (including phenoxy) is 1. The normalized spacial score (nSPS) is 17.5. The molecule has 190 valence electrons. The molecule has 1 amide bonds. The summed E-state index contributed by atoms with van der Waals surface area (Å²) in [6.07, 6.45) is 0.204. The summed E-state index contributed by atoms with van der Waals surface area (Å²) in [5.41, 5.74) is 3.04. The van der Waals surface area contributed by atoms with Crippen molar-refractivity contribution in [2.24, 2.45) is 0 Å². The maximum atomic E-state index is 13.2. The highest BCUT2D eigenvalue weighted by Gasteiger charge is 2.27. The van der Waals surface area contributed by atoms with Crippen LogP contribution < -0.4 is 14.8 Å². The average Bonchev–Trinajstić information content (AvgIpc) is 2.78. The smallest absolute Gasteiger partial charge is 0.264 e. The zero-order chi connectivity index (χ0) is 26.3. The van der Waals surface area contributed by atoms with Gasteiger partial charge in [-0.15, -0.1) is 0 Å². The van der Waals surface area contributed by atoms with Crippen molar-refractivity contribution in [1.29, 1.82) is 0 Å². The molecule has 3 N–H and O–H groups in total. The van der Waals surface area contributed by atoms with Gasteiger partial charge in [-0.25, -0.2) is 18.1 Å². The number of sulfonamides is 1. The molecule has 9 nitrogen and oxygen atoms in total. The van der Waals surface area contributed by atoms with E-state index >= 15 is 0 Å². The number of carbonyl (C=O) groups is 1. The van der Waals surface area contributed by atoms with Gasteiger partial charge in [-0.2, -0.15) is 4.98 Å². The number of nitrogens with zero attached hydrogens (tertiary/aromatic N) is 2. The van der Waals surface area contributed by atoms with E-state index in [2.05, 4.69) is 20.0 Å². The number of fused-ring (bicyclic) bond motifs is 4. The Bertz CT molecular complexity index is 1410. The standard InChI is InChI=1S/C26H30N4O5S/c1-15-8-6-9-16(2)21(15)22-17(3)24-29-25(28-22)30-36(33,34)20-11-7-10-18(12-20)23(31)27-19(14-35-24)13-26(4,5)32/h6-12,19,32H,13-14H2,1-5H3,(H,27,31)(H,28,29,30)/t19-/m1/s1. The molecule has 1 aliphatic heterocycles. The van der Waals surface area contributed by atoms with Crippen LogP contribution in [0, 0.1) is 20.8 Å². The number of hydrogen-bond acceptors (Lipinski definition) is 7. The summed E-state index contributed by atoms with van der Waals surface area (Å²) < 4.78 is 34.9. The number of hydrogen-bond donors (Lipinski definition) is 3. The van der Waals surface area contributed by atoms with Gasteiger partial charge in [0.1, 0.15) is 6.61 Å². The highest BCUT2D eigenvalue weighted by atomic mass is 32.2. The van der Waals surface area contributed by atoms with Crippen LogP contribution >= 0.6 is 0 Å². The van der Waals surface area contributed by atoms with E-state index in [0.29, 0.717) is 11.3 Å². The number of anilines is 1. The van der Waals surface area contributed by atoms with Crippen molar-refractivity contribution in [3.05, 3.63) is 64.7 Å². The predicted octanol–water partition coefficient (Wildman–Crippen LogP) is 3.52. The molecular formula is C26H30N4O5S. The second-order valence-electron chi connectivity index (χ2n) is 9.72. The number of benzene rings is 2. The van der Waals surface area contributed by atoms with Crippen molar-refractivity contribution in [3.63, 3.8) is 0 Å². The van der Waals surface area contributed by atoms with Gasteiger partial charge in [-0.3, -0.25) is 4.79 Å². The van der Waals surface area contributed by atoms with Gasteiger partial charge in [0.2, 0.25) is 11.8 Å². The molecular weight excluding hydrogens is 480 g/mol. The quantitative estimate of drug-likeness (QED) is 0.491. The van der Waals surface area contributed by atoms with Gasteiger partial charge in [-0.05, 0) is 70.4 Å². The van der Waals surface area contributed by atoms with E-state index in [1.54, 1.807) is 20.8 Å². The lowest BCUT2D eigenvalue weighted by molar-refractivity contribution is 0.0494. The van der Waals surface area contributed by atoms with Crippen LogP contribution in [0.15, 0.2) is 47.4 Å². The molecule has 0 spiro atoms. The van der Waals surface area contributed by atoms with Crippen LogP contribution in [0.25, 0.3) is 11.3 Å². The minimum Gasteiger partial charge on any atom is -0.475 e. The molecule has 4 rings (SSSR count). The fraction of sp³-hybridized carbons (Fsp3) is 0.346. The number of aromatic nitrogens is 2. The van der Waals surface area contributed by atoms with E-state index in [4.69, 9.17) is 4.74 Å². The highest BCUT2D eigenvalue weighted by molar-refractivity contribution is 7.92. The van der Waals surface area contributed by atoms with Gasteiger partial charge in [0.05, 0.1) is 22.2 Å². The molecule has 0 radical (unpaired) electrons. The Morgan fingerprint density at radius 2 is 1.75 bits per heavy atom. The Labute approximate surface area is 211 Å². The van der Waals surface area contributed by atoms with Crippen LogP contribution in [-0.2, 0) is 10.0 Å². The van der Waals surface area contributed by atoms with Crippen LogP contribution in [-0.4, -0.2) is 47.6 Å². The number of rotatable bonds is 3. The van der Waals surface area contributed by atoms with E-state index in [9.17, 15) is 18.3 Å². The van der Waals surface area contributed by atoms with Crippen molar-refractivity contribution in [2.75, 3.05) is 11.3 Å². The maximum Gasteiger partial charge on any atom is 0.264 e. The first-order valence-electron chi connectivity index (χ1n) is 11.6. The molecule has 0 aliphatic carbocycles. The van der Waals surface area contributed by atoms with Crippen LogP contribution in [0.1, 0.15) is 47.3 Å². The predicted molar refractivity (Wildman–Crippen MR) is 137 cm³/mol. The first-order chi connectivity index (χ1) is 16.8. The Morgan fingerprint density at radius 1 is 1.08 bits per heavy atom. The van der Waals surface area contributed by atoms with Crippen molar-refractivity contribution in [1.82, 2.24) is 15.3 Å². The van der Waals surface area contributed by atoms with E-state index in [-0.39, 0.29) is 35.3 Å². The molecule has 0 unspecified atom stereocenters. The molecule has 1 aliphatic rings. The molecule has 0 saturated heterocycles. The lowest BCUT2D eigenvalue weighted by Gasteiger charge is -2.26. The summed E-state index contributed by atoms with van der Waals surface area (Å²) in [4.78, 5) is 21.8. The average molecular weight is 511 g/mol. The number of aliphatic hydroxyl groups is 1. The fourth-order valence-corrected chi connectivity index (χ4v) is 5.29. The van der Waals surface area contributed by atoms with Crippen molar-refractivity contribution in [3.8, 4) is 17.1 Å². The van der Waals surface area contributed by atoms with Crippen LogP contribution in [0.3, 0.4) is 0 Å². The summed E-state index contributed by atoms with van der Waals surface area (Å²) in [6, 6.07) is 11.0. The second kappa shape index (κ2) is 9.51. The van der Waals surface area contributed by atoms with Gasteiger partial charge < -0.3 is 15.2 Å². The Balaban J connectivity index is 1.90. The van der Waals surface area contributed by atoms with Crippen molar-refractivity contribution >= 4 is 21.9 Å². The SMILES string of the molecule is Cc1cccc(C)c1-c1nc2nc(c1C)OC[C@@H](CC(C)(C)O)NC(=O)c1cccc(c1)S(=O)(=O)N2. The maximum absolute atomic E-state index is 13.2. The Hall–Kier alpha value is -3.50. The molecule has 2 aromatic carbocycles. The first kappa shape index (κ1) is 25.6. The third-order valence-electron chi connectivity index (χ3n) is 5.95. The van der Waals surface area contributed by atoms with Gasteiger partial charge in [0, 0.05) is 16.7 Å². The largest absolute Gasteiger partial charge is 0.475 e. The Morgan fingerprint density at radius 3 is 2.42 bits per heavy atom. The number of carbonyl (C=O) groups excluding carboxylic acids is 1. The zero-order valence-electron chi connectivity index (χ0n) is 20.9. The zero-order valence-corrected chi connectivity index (χ0v) is 21.7. The molecule has 2 heterocycles. The summed E-state index contributed by atoms with van der Waals surface area (Å²) in [5.74, 6) is -0.438. The topological polar surface area (TPSA) is 131 Å². The highest BCUT2D eigenvalue weighted by Crippen LogP contribution is 2.33. The molecule has 0 fully saturated rings. The summed E-state index contributed by atoms with van der Waals surface area (Å²) in [5, 5.41) is 13.3. The fourth-order valence-electron chi connectivity index (χ4n) is 4.30. The molecule has 36 heavy (non-hydrogen) atoms. The van der Waals surface area contributed by atoms with E-state index in [1.165, 1.54) is 24.3 Å². The molecule has 1 atom stereocenters. The summed E-state index contributed by atoms with van der Waals surface area (Å²) in [7, 11) is -4.11. The van der Waals surface area contributed by atoms with Crippen molar-refractivity contribution in [2.45, 2.75) is 57.6 Å². The molecule has 1 aromatic heterocycles. The third-order valence-corrected chi connectivity index (χ3v) is 7.28. The van der Waals surface area contributed by atoms with Crippen LogP contribution in [0.2, 0.25) is 0 Å². The van der Waals surface area contributed by atoms with Crippen LogP contribution in [0.4, 0.5) is 5.95 Å². The number of aryl methyl sites for hydroxylation is 2. The second-order valence-corrected chi connectivity index (χ2v) is 11.4. The summed E-state index contributed by atoms with van der Waals surface area (Å²) in [6.45, 7) is 9.01. The lowest BCUT2D eigenvalue weighted by atomic mass is 9.97.